The van der Waals surface area contributed by atoms with Gasteiger partial charge in [-0.25, -0.2) is 19.7 Å². The number of amides is 1. The third-order valence-electron chi connectivity index (χ3n) is 6.71. The topological polar surface area (TPSA) is 140 Å². The number of hydrogen-bond donors (Lipinski definition) is 2. The Morgan fingerprint density at radius 1 is 1.21 bits per heavy atom. The molecule has 210 valence electrons. The molecule has 1 amide bonds. The highest BCUT2D eigenvalue weighted by molar-refractivity contribution is 7.90. The molecule has 0 radical (unpaired) electrons. The highest BCUT2D eigenvalue weighted by Crippen LogP contribution is 2.34. The molecular weight excluding hydrogens is 516 g/mol. The Bertz CT molecular complexity index is 1400. The molecule has 10 nitrogen and oxygen atoms in total. The number of aliphatic imine (C=N–C) groups is 1. The van der Waals surface area contributed by atoms with Crippen LogP contribution in [-0.2, 0) is 14.8 Å². The number of pyridine rings is 2. The number of sulfonamides is 1. The normalized spacial score (nSPS) is 17.0. The molecule has 3 N–H and O–H groups in total. The van der Waals surface area contributed by atoms with E-state index < -0.39 is 15.9 Å². The van der Waals surface area contributed by atoms with Crippen LogP contribution < -0.4 is 15.2 Å². The lowest BCUT2D eigenvalue weighted by Gasteiger charge is -2.34. The number of anilines is 1. The van der Waals surface area contributed by atoms with E-state index in [0.717, 1.165) is 12.8 Å². The minimum Gasteiger partial charge on any atom is -0.474 e. The van der Waals surface area contributed by atoms with E-state index in [0.29, 0.717) is 35.6 Å². The van der Waals surface area contributed by atoms with Crippen molar-refractivity contribution >= 4 is 27.5 Å². The van der Waals surface area contributed by atoms with Gasteiger partial charge in [0.1, 0.15) is 11.6 Å². The van der Waals surface area contributed by atoms with Crippen LogP contribution in [-0.4, -0.2) is 53.1 Å². The lowest BCUT2D eigenvalue weighted by atomic mass is 10.0. The second-order valence-corrected chi connectivity index (χ2v) is 12.1. The van der Waals surface area contributed by atoms with E-state index in [1.165, 1.54) is 24.3 Å². The third-order valence-corrected chi connectivity index (χ3v) is 7.94. The smallest absolute Gasteiger partial charge is 0.281 e. The average Bonchev–Trinajstić information content (AvgIpc) is 3.22. The zero-order chi connectivity index (χ0) is 29.0. The van der Waals surface area contributed by atoms with E-state index in [4.69, 9.17) is 15.5 Å². The number of nitrogens with one attached hydrogen (secondary N) is 1. The average molecular weight is 555 g/mol. The first kappa shape index (κ1) is 29.8. The Morgan fingerprint density at radius 3 is 2.49 bits per heavy atom. The number of carbonyl (C=O) groups excluding carboxylic acids is 1. The van der Waals surface area contributed by atoms with Crippen LogP contribution in [0.25, 0.3) is 0 Å². The molecule has 0 aromatic carbocycles. The van der Waals surface area contributed by atoms with Crippen molar-refractivity contribution in [2.24, 2.45) is 10.9 Å². The fourth-order valence-electron chi connectivity index (χ4n) is 4.09. The predicted octanol–water partition coefficient (Wildman–Crippen LogP) is 4.07. The van der Waals surface area contributed by atoms with Gasteiger partial charge in [0.05, 0.1) is 23.1 Å². The van der Waals surface area contributed by atoms with Gasteiger partial charge in [-0.1, -0.05) is 38.6 Å². The summed E-state index contributed by atoms with van der Waals surface area (Å²) in [5.74, 6) is 0.231. The summed E-state index contributed by atoms with van der Waals surface area (Å²) >= 11 is 0. The summed E-state index contributed by atoms with van der Waals surface area (Å²) in [6.45, 7) is 16.5. The van der Waals surface area contributed by atoms with Crippen molar-refractivity contribution in [3.63, 3.8) is 0 Å². The van der Waals surface area contributed by atoms with Crippen LogP contribution in [0.4, 0.5) is 5.82 Å². The van der Waals surface area contributed by atoms with Crippen molar-refractivity contribution in [2.75, 3.05) is 12.3 Å². The van der Waals surface area contributed by atoms with Crippen molar-refractivity contribution in [1.29, 1.82) is 0 Å². The van der Waals surface area contributed by atoms with E-state index >= 15 is 0 Å². The summed E-state index contributed by atoms with van der Waals surface area (Å²) in [4.78, 5) is 28.7. The minimum atomic E-state index is -4.30. The molecule has 1 aliphatic heterocycles. The van der Waals surface area contributed by atoms with Gasteiger partial charge in [-0.15, -0.1) is 0 Å². The first-order valence-electron chi connectivity index (χ1n) is 12.9. The second kappa shape index (κ2) is 12.0. The highest BCUT2D eigenvalue weighted by Gasteiger charge is 2.36. The molecule has 0 saturated carbocycles. The van der Waals surface area contributed by atoms with Crippen LogP contribution in [0.3, 0.4) is 0 Å². The van der Waals surface area contributed by atoms with Crippen LogP contribution in [0.5, 0.6) is 5.88 Å². The molecule has 0 bridgehead atoms. The van der Waals surface area contributed by atoms with Gasteiger partial charge in [-0.3, -0.25) is 4.79 Å². The summed E-state index contributed by atoms with van der Waals surface area (Å²) in [6.07, 6.45) is 3.04. The van der Waals surface area contributed by atoms with Crippen LogP contribution in [0, 0.1) is 5.92 Å². The Kier molecular flexibility index (Phi) is 9.16. The first-order valence-corrected chi connectivity index (χ1v) is 14.4. The molecule has 39 heavy (non-hydrogen) atoms. The third kappa shape index (κ3) is 7.23. The fourth-order valence-corrected chi connectivity index (χ4v) is 5.03. The summed E-state index contributed by atoms with van der Waals surface area (Å²) < 4.78 is 33.9. The van der Waals surface area contributed by atoms with Crippen molar-refractivity contribution in [1.82, 2.24) is 19.6 Å². The Labute approximate surface area is 231 Å². The number of likely N-dealkylation sites (tertiary alicyclic amines) is 1. The van der Waals surface area contributed by atoms with Gasteiger partial charge in [-0.2, -0.15) is 8.42 Å². The monoisotopic (exact) mass is 554 g/mol. The van der Waals surface area contributed by atoms with Gasteiger partial charge in [0, 0.05) is 18.2 Å². The van der Waals surface area contributed by atoms with Crippen LogP contribution in [0.2, 0.25) is 0 Å². The van der Waals surface area contributed by atoms with Crippen LogP contribution in [0.15, 0.2) is 70.5 Å². The molecule has 3 rings (SSSR count). The van der Waals surface area contributed by atoms with E-state index in [9.17, 15) is 13.2 Å². The molecule has 11 heteroatoms. The van der Waals surface area contributed by atoms with E-state index in [1.807, 2.05) is 24.0 Å². The molecule has 0 spiro atoms. The predicted molar refractivity (Wildman–Crippen MR) is 153 cm³/mol. The number of ether oxygens (including phenoxy) is 1. The maximum atomic E-state index is 13.4. The van der Waals surface area contributed by atoms with Crippen LogP contribution >= 0.6 is 0 Å². The Hall–Kier alpha value is -3.73. The molecule has 1 aliphatic rings. The number of nitrogen functional groups attached to an aromatic ring is 1. The Morgan fingerprint density at radius 2 is 1.90 bits per heavy atom. The lowest BCUT2D eigenvalue weighted by molar-refractivity contribution is -0.115. The largest absolute Gasteiger partial charge is 0.474 e. The van der Waals surface area contributed by atoms with Crippen molar-refractivity contribution in [3.8, 4) is 5.88 Å². The molecule has 1 unspecified atom stereocenters. The quantitative estimate of drug-likeness (QED) is 0.254. The van der Waals surface area contributed by atoms with Crippen molar-refractivity contribution < 1.29 is 17.9 Å². The van der Waals surface area contributed by atoms with E-state index in [2.05, 4.69) is 49.0 Å². The molecule has 0 aliphatic carbocycles. The first-order chi connectivity index (χ1) is 18.2. The van der Waals surface area contributed by atoms with Crippen molar-refractivity contribution in [2.45, 2.75) is 71.1 Å². The number of nitrogens with two attached hydrogens (primary N) is 1. The molecular formula is C28H38N6O4S. The van der Waals surface area contributed by atoms with E-state index in [-0.39, 0.29) is 28.1 Å². The van der Waals surface area contributed by atoms with Crippen molar-refractivity contribution in [3.05, 3.63) is 66.1 Å². The molecule has 1 saturated heterocycles. The SMILES string of the molecule is C=C/C(C(=O)NS(=O)(=O)c1cccc(N)n1)=C(\N=C(/C)c1cccc(OC(C)C(C)C)n1)N1CCCC1(C)C. The summed E-state index contributed by atoms with van der Waals surface area (Å²) in [6, 6.07) is 9.59. The highest BCUT2D eigenvalue weighted by atomic mass is 32.2. The maximum absolute atomic E-state index is 13.4. The van der Waals surface area contributed by atoms with Gasteiger partial charge >= 0.3 is 0 Å². The minimum absolute atomic E-state index is 0.0117. The standard InChI is InChI=1S/C28H38N6O4S/c1-8-21(27(35)33-39(36,37)25-15-10-13-23(29)32-25)26(34-17-11-16-28(34,6)7)30-19(4)22-12-9-14-24(31-22)38-20(5)18(2)3/h8-10,12-15,18,20H,1,11,16-17H2,2-7H3,(H2,29,32)(H,33,35)/b26-21-,30-19+. The molecule has 3 heterocycles. The number of carbonyl (C=O) groups is 1. The van der Waals surface area contributed by atoms with Gasteiger partial charge < -0.3 is 15.4 Å². The second-order valence-electron chi connectivity index (χ2n) is 10.5. The van der Waals surface area contributed by atoms with Gasteiger partial charge in [0.2, 0.25) is 5.88 Å². The number of nitrogens with zero attached hydrogens (tertiary/aromatic N) is 4. The Balaban J connectivity index is 2.06. The summed E-state index contributed by atoms with van der Waals surface area (Å²) in [5, 5.41) is -0.362. The molecule has 1 fully saturated rings. The molecule has 2 aromatic heterocycles. The van der Waals surface area contributed by atoms with Gasteiger partial charge in [0.25, 0.3) is 15.9 Å². The summed E-state index contributed by atoms with van der Waals surface area (Å²) in [5.41, 5.74) is 6.43. The van der Waals surface area contributed by atoms with E-state index in [1.54, 1.807) is 13.0 Å². The van der Waals surface area contributed by atoms with Gasteiger partial charge in [0.15, 0.2) is 5.03 Å². The number of rotatable bonds is 10. The number of hydrogen-bond acceptors (Lipinski definition) is 9. The summed E-state index contributed by atoms with van der Waals surface area (Å²) in [7, 11) is -4.30. The number of aromatic nitrogens is 2. The fraction of sp³-hybridized carbons (Fsp3) is 0.429. The van der Waals surface area contributed by atoms with Gasteiger partial charge in [-0.05, 0) is 64.7 Å². The maximum Gasteiger partial charge on any atom is 0.281 e. The lowest BCUT2D eigenvalue weighted by Crippen LogP contribution is -2.40. The molecule has 1 atom stereocenters. The molecule has 2 aromatic rings. The van der Waals surface area contributed by atoms with Crippen LogP contribution in [0.1, 0.15) is 60.1 Å². The zero-order valence-corrected chi connectivity index (χ0v) is 24.2. The zero-order valence-electron chi connectivity index (χ0n) is 23.4.